The number of hydrogen-bond acceptors (Lipinski definition) is 4. The van der Waals surface area contributed by atoms with Gasteiger partial charge >= 0.3 is 6.18 Å². The molecule has 20 heavy (non-hydrogen) atoms. The molecule has 0 fully saturated rings. The second kappa shape index (κ2) is 5.88. The number of rotatable bonds is 4. The monoisotopic (exact) mass is 301 g/mol. The van der Waals surface area contributed by atoms with Crippen LogP contribution in [-0.2, 0) is 6.18 Å². The number of nitrogens with one attached hydrogen (secondary N) is 1. The van der Waals surface area contributed by atoms with Gasteiger partial charge in [0.05, 0.1) is 6.04 Å². The van der Waals surface area contributed by atoms with Gasteiger partial charge < -0.3 is 5.32 Å². The van der Waals surface area contributed by atoms with Crippen LogP contribution < -0.4 is 5.32 Å². The summed E-state index contributed by atoms with van der Waals surface area (Å²) in [7, 11) is 0. The predicted octanol–water partition coefficient (Wildman–Crippen LogP) is 3.56. The Balaban J connectivity index is 2.39. The van der Waals surface area contributed by atoms with Crippen LogP contribution in [0.3, 0.4) is 0 Å². The fourth-order valence-corrected chi connectivity index (χ4v) is 2.80. The highest BCUT2D eigenvalue weighted by Gasteiger charge is 2.35. The number of pyridine rings is 1. The number of alkyl halides is 3. The van der Waals surface area contributed by atoms with Crippen molar-refractivity contribution in [1.82, 2.24) is 15.3 Å². The van der Waals surface area contributed by atoms with E-state index in [-0.39, 0.29) is 6.04 Å². The third-order valence-electron chi connectivity index (χ3n) is 2.82. The normalized spacial score (nSPS) is 13.4. The number of aromatic nitrogens is 2. The summed E-state index contributed by atoms with van der Waals surface area (Å²) >= 11 is 0.665. The van der Waals surface area contributed by atoms with Crippen LogP contribution in [0.2, 0.25) is 0 Å². The highest BCUT2D eigenvalue weighted by atomic mass is 32.1. The van der Waals surface area contributed by atoms with Gasteiger partial charge in [-0.25, -0.2) is 4.98 Å². The van der Waals surface area contributed by atoms with E-state index >= 15 is 0 Å². The third-order valence-corrected chi connectivity index (χ3v) is 3.92. The molecule has 0 spiro atoms. The first kappa shape index (κ1) is 14.9. The molecule has 1 atom stereocenters. The molecule has 0 aromatic carbocycles. The van der Waals surface area contributed by atoms with Gasteiger partial charge in [0.1, 0.15) is 0 Å². The van der Waals surface area contributed by atoms with Gasteiger partial charge in [-0.2, -0.15) is 13.2 Å². The minimum absolute atomic E-state index is 0.317. The Labute approximate surface area is 118 Å². The molecule has 0 radical (unpaired) electrons. The summed E-state index contributed by atoms with van der Waals surface area (Å²) in [6.07, 6.45) is -1.45. The van der Waals surface area contributed by atoms with Crippen LogP contribution >= 0.6 is 11.3 Å². The zero-order valence-electron chi connectivity index (χ0n) is 11.0. The van der Waals surface area contributed by atoms with Crippen molar-refractivity contribution >= 4 is 11.3 Å². The van der Waals surface area contributed by atoms with Crippen molar-refractivity contribution in [3.63, 3.8) is 0 Å². The molecule has 2 aromatic heterocycles. The molecule has 3 nitrogen and oxygen atoms in total. The smallest absolute Gasteiger partial charge is 0.306 e. The molecule has 0 aliphatic heterocycles. The molecule has 2 heterocycles. The molecule has 2 rings (SSSR count). The Kier molecular flexibility index (Phi) is 4.39. The molecular weight excluding hydrogens is 287 g/mol. The summed E-state index contributed by atoms with van der Waals surface area (Å²) in [5.74, 6) is 0. The van der Waals surface area contributed by atoms with Crippen LogP contribution in [0.25, 0.3) is 0 Å². The van der Waals surface area contributed by atoms with Crippen LogP contribution in [0.15, 0.2) is 24.5 Å². The molecule has 0 saturated heterocycles. The Bertz CT molecular complexity index is 580. The van der Waals surface area contributed by atoms with E-state index in [4.69, 9.17) is 0 Å². The first-order valence-electron chi connectivity index (χ1n) is 6.11. The Morgan fingerprint density at radius 1 is 1.35 bits per heavy atom. The molecular formula is C13H14F3N3S. The van der Waals surface area contributed by atoms with Crippen molar-refractivity contribution in [3.05, 3.63) is 45.7 Å². The molecule has 1 unspecified atom stereocenters. The van der Waals surface area contributed by atoms with Gasteiger partial charge in [0.2, 0.25) is 0 Å². The zero-order valence-corrected chi connectivity index (χ0v) is 11.8. The van der Waals surface area contributed by atoms with E-state index in [1.807, 2.05) is 19.9 Å². The van der Waals surface area contributed by atoms with Crippen LogP contribution in [0.1, 0.15) is 34.1 Å². The van der Waals surface area contributed by atoms with Gasteiger partial charge in [-0.05, 0) is 25.1 Å². The van der Waals surface area contributed by atoms with Crippen molar-refractivity contribution in [2.75, 3.05) is 6.54 Å². The van der Waals surface area contributed by atoms with E-state index in [1.165, 1.54) is 6.20 Å². The number of halogens is 3. The van der Waals surface area contributed by atoms with Gasteiger partial charge in [0.25, 0.3) is 0 Å². The average Bonchev–Trinajstić information content (AvgIpc) is 2.86. The van der Waals surface area contributed by atoms with Crippen LogP contribution in [0, 0.1) is 6.92 Å². The van der Waals surface area contributed by atoms with Crippen molar-refractivity contribution < 1.29 is 13.2 Å². The number of thiazole rings is 1. The Morgan fingerprint density at radius 2 is 2.10 bits per heavy atom. The van der Waals surface area contributed by atoms with E-state index in [1.54, 1.807) is 12.3 Å². The summed E-state index contributed by atoms with van der Waals surface area (Å²) < 4.78 is 37.9. The molecule has 0 saturated carbocycles. The molecule has 108 valence electrons. The quantitative estimate of drug-likeness (QED) is 0.938. The molecule has 0 amide bonds. The number of aryl methyl sites for hydroxylation is 1. The Hall–Kier alpha value is -1.47. The molecule has 0 aliphatic carbocycles. The van der Waals surface area contributed by atoms with E-state index in [0.717, 1.165) is 11.3 Å². The first-order valence-corrected chi connectivity index (χ1v) is 6.93. The topological polar surface area (TPSA) is 37.8 Å². The lowest BCUT2D eigenvalue weighted by molar-refractivity contribution is -0.137. The van der Waals surface area contributed by atoms with Gasteiger partial charge in [-0.1, -0.05) is 13.0 Å². The van der Waals surface area contributed by atoms with E-state index < -0.39 is 11.2 Å². The fraction of sp³-hybridized carbons (Fsp3) is 0.385. The fourth-order valence-electron chi connectivity index (χ4n) is 1.92. The van der Waals surface area contributed by atoms with Crippen molar-refractivity contribution in [3.8, 4) is 0 Å². The lowest BCUT2D eigenvalue weighted by Crippen LogP contribution is -2.22. The summed E-state index contributed by atoms with van der Waals surface area (Å²) in [5.41, 5.74) is 1.66. The van der Waals surface area contributed by atoms with Crippen LogP contribution in [0.4, 0.5) is 13.2 Å². The predicted molar refractivity (Wildman–Crippen MR) is 71.6 cm³/mol. The highest BCUT2D eigenvalue weighted by molar-refractivity contribution is 7.11. The summed E-state index contributed by atoms with van der Waals surface area (Å²) in [4.78, 5) is 8.20. The van der Waals surface area contributed by atoms with Crippen LogP contribution in [-0.4, -0.2) is 16.5 Å². The minimum atomic E-state index is -4.40. The summed E-state index contributed by atoms with van der Waals surface area (Å²) in [6, 6.07) is 3.32. The zero-order chi connectivity index (χ0) is 14.8. The summed E-state index contributed by atoms with van der Waals surface area (Å²) in [5, 5.41) is 2.36. The van der Waals surface area contributed by atoms with E-state index in [2.05, 4.69) is 15.3 Å². The lowest BCUT2D eigenvalue weighted by atomic mass is 10.0. The molecule has 2 aromatic rings. The van der Waals surface area contributed by atoms with Crippen molar-refractivity contribution in [2.24, 2.45) is 0 Å². The molecule has 0 aliphatic rings. The second-order valence-corrected chi connectivity index (χ2v) is 5.30. The summed E-state index contributed by atoms with van der Waals surface area (Å²) in [6.45, 7) is 4.38. The minimum Gasteiger partial charge on any atom is -0.306 e. The Morgan fingerprint density at radius 3 is 2.65 bits per heavy atom. The first-order chi connectivity index (χ1) is 9.43. The maximum atomic E-state index is 12.6. The van der Waals surface area contributed by atoms with E-state index in [9.17, 15) is 13.2 Å². The number of hydrogen-bond donors (Lipinski definition) is 1. The second-order valence-electron chi connectivity index (χ2n) is 4.23. The standard InChI is InChI=1S/C13H14F3N3S/c1-3-17-11(9-5-4-6-18-8(9)2)10-7-19-12(20-10)13(14,15)16/h4-7,11,17H,3H2,1-2H3. The maximum absolute atomic E-state index is 12.6. The molecule has 7 heteroatoms. The van der Waals surface area contributed by atoms with Crippen molar-refractivity contribution in [1.29, 1.82) is 0 Å². The largest absolute Gasteiger partial charge is 0.443 e. The van der Waals surface area contributed by atoms with Crippen molar-refractivity contribution in [2.45, 2.75) is 26.1 Å². The van der Waals surface area contributed by atoms with Gasteiger partial charge in [-0.3, -0.25) is 4.98 Å². The van der Waals surface area contributed by atoms with Gasteiger partial charge in [-0.15, -0.1) is 11.3 Å². The molecule has 0 bridgehead atoms. The van der Waals surface area contributed by atoms with Crippen LogP contribution in [0.5, 0.6) is 0 Å². The SMILES string of the molecule is CCNC(c1cnc(C(F)(F)F)s1)c1cccnc1C. The third kappa shape index (κ3) is 3.16. The highest BCUT2D eigenvalue weighted by Crippen LogP contribution is 2.36. The van der Waals surface area contributed by atoms with Gasteiger partial charge in [0.15, 0.2) is 5.01 Å². The maximum Gasteiger partial charge on any atom is 0.443 e. The number of nitrogens with zero attached hydrogens (tertiary/aromatic N) is 2. The average molecular weight is 301 g/mol. The van der Waals surface area contributed by atoms with Gasteiger partial charge in [0, 0.05) is 23.0 Å². The lowest BCUT2D eigenvalue weighted by Gasteiger charge is -2.18. The molecule has 1 N–H and O–H groups in total. The van der Waals surface area contributed by atoms with E-state index in [0.29, 0.717) is 22.8 Å².